The molecule has 1 fully saturated rings. The van der Waals surface area contributed by atoms with Crippen LogP contribution in [0.4, 0.5) is 0 Å². The van der Waals surface area contributed by atoms with Gasteiger partial charge in [-0.15, -0.1) is 0 Å². The first-order chi connectivity index (χ1) is 9.19. The number of carbonyl (C=O) groups excluding carboxylic acids is 1. The second-order valence-corrected chi connectivity index (χ2v) is 4.54. The highest BCUT2D eigenvalue weighted by Crippen LogP contribution is 2.33. The number of benzene rings is 1. The fraction of sp³-hybridized carbons (Fsp3) is 0.231. The Labute approximate surface area is 115 Å². The average Bonchev–Trinajstić information content (AvgIpc) is 2.95. The number of thiocarbonyl (C=S) groups is 1. The predicted octanol–water partition coefficient (Wildman–Crippen LogP) is 1.49. The number of ether oxygens (including phenoxy) is 2. The number of nitrogens with one attached hydrogen (secondary N) is 1. The van der Waals surface area contributed by atoms with Crippen molar-refractivity contribution in [2.45, 2.75) is 6.92 Å². The highest BCUT2D eigenvalue weighted by molar-refractivity contribution is 7.80. The predicted molar refractivity (Wildman–Crippen MR) is 73.7 cm³/mol. The monoisotopic (exact) mass is 276 g/mol. The molecule has 19 heavy (non-hydrogen) atoms. The minimum atomic E-state index is -0.106. The van der Waals surface area contributed by atoms with Crippen molar-refractivity contribution in [3.63, 3.8) is 0 Å². The number of rotatable bonds is 2. The molecule has 2 heterocycles. The Hall–Kier alpha value is -2.08. The van der Waals surface area contributed by atoms with E-state index >= 15 is 0 Å². The zero-order chi connectivity index (χ0) is 13.4. The van der Waals surface area contributed by atoms with Crippen molar-refractivity contribution in [2.75, 3.05) is 13.3 Å². The molecule has 2 aliphatic rings. The van der Waals surface area contributed by atoms with E-state index in [9.17, 15) is 4.79 Å². The van der Waals surface area contributed by atoms with E-state index in [1.165, 1.54) is 4.90 Å². The molecule has 98 valence electrons. The largest absolute Gasteiger partial charge is 0.454 e. The van der Waals surface area contributed by atoms with E-state index < -0.39 is 0 Å². The Morgan fingerprint density at radius 3 is 2.95 bits per heavy atom. The number of fused-ring (bicyclic) bond motifs is 1. The molecule has 0 aliphatic carbocycles. The van der Waals surface area contributed by atoms with E-state index in [-0.39, 0.29) is 12.7 Å². The molecule has 1 saturated heterocycles. The molecule has 0 saturated carbocycles. The number of carbonyl (C=O) groups is 1. The maximum Gasteiger partial charge on any atom is 0.276 e. The minimum absolute atomic E-state index is 0.106. The van der Waals surface area contributed by atoms with Crippen LogP contribution >= 0.6 is 12.2 Å². The minimum Gasteiger partial charge on any atom is -0.454 e. The van der Waals surface area contributed by atoms with Gasteiger partial charge in [-0.05, 0) is 42.9 Å². The smallest absolute Gasteiger partial charge is 0.276 e. The molecular formula is C13H12N2O3S. The van der Waals surface area contributed by atoms with Crippen molar-refractivity contribution in [3.8, 4) is 11.5 Å². The van der Waals surface area contributed by atoms with Crippen molar-refractivity contribution in [3.05, 3.63) is 29.5 Å². The Morgan fingerprint density at radius 1 is 1.42 bits per heavy atom. The van der Waals surface area contributed by atoms with Gasteiger partial charge < -0.3 is 14.8 Å². The third-order valence-electron chi connectivity index (χ3n) is 2.99. The molecule has 2 aliphatic heterocycles. The summed E-state index contributed by atoms with van der Waals surface area (Å²) < 4.78 is 10.5. The summed E-state index contributed by atoms with van der Waals surface area (Å²) in [5, 5.41) is 3.36. The Bertz CT molecular complexity index is 598. The summed E-state index contributed by atoms with van der Waals surface area (Å²) in [6.45, 7) is 2.68. The molecular weight excluding hydrogens is 264 g/mol. The highest BCUT2D eigenvalue weighted by atomic mass is 32.1. The van der Waals surface area contributed by atoms with E-state index in [1.807, 2.05) is 25.1 Å². The van der Waals surface area contributed by atoms with Crippen molar-refractivity contribution in [2.24, 2.45) is 0 Å². The summed E-state index contributed by atoms with van der Waals surface area (Å²) in [4.78, 5) is 13.6. The van der Waals surface area contributed by atoms with Gasteiger partial charge in [-0.3, -0.25) is 9.69 Å². The van der Waals surface area contributed by atoms with Crippen LogP contribution in [-0.2, 0) is 4.79 Å². The van der Waals surface area contributed by atoms with Crippen LogP contribution in [-0.4, -0.2) is 29.3 Å². The van der Waals surface area contributed by atoms with Gasteiger partial charge in [0.2, 0.25) is 6.79 Å². The van der Waals surface area contributed by atoms with Gasteiger partial charge in [0.1, 0.15) is 5.70 Å². The summed E-state index contributed by atoms with van der Waals surface area (Å²) in [5.41, 5.74) is 1.34. The van der Waals surface area contributed by atoms with Crippen LogP contribution < -0.4 is 14.8 Å². The van der Waals surface area contributed by atoms with E-state index in [0.29, 0.717) is 23.1 Å². The number of nitrogens with zero attached hydrogens (tertiary/aromatic N) is 1. The van der Waals surface area contributed by atoms with Crippen LogP contribution in [0.15, 0.2) is 23.9 Å². The van der Waals surface area contributed by atoms with Crippen molar-refractivity contribution < 1.29 is 14.3 Å². The van der Waals surface area contributed by atoms with Gasteiger partial charge in [-0.25, -0.2) is 0 Å². The van der Waals surface area contributed by atoms with Gasteiger partial charge in [-0.1, -0.05) is 6.07 Å². The second-order valence-electron chi connectivity index (χ2n) is 4.15. The number of hydrogen-bond donors (Lipinski definition) is 1. The lowest BCUT2D eigenvalue weighted by Gasteiger charge is -2.08. The van der Waals surface area contributed by atoms with E-state index in [1.54, 1.807) is 6.08 Å². The number of hydrogen-bond acceptors (Lipinski definition) is 4. The SMILES string of the molecule is CCN1C(=O)/C(=C/c2ccc3c(c2)OCO3)NC1=S. The first-order valence-electron chi connectivity index (χ1n) is 5.93. The van der Waals surface area contributed by atoms with Crippen LogP contribution in [0.2, 0.25) is 0 Å². The first kappa shape index (κ1) is 12.0. The summed E-state index contributed by atoms with van der Waals surface area (Å²) in [6, 6.07) is 5.53. The van der Waals surface area contributed by atoms with Gasteiger partial charge >= 0.3 is 0 Å². The third kappa shape index (κ3) is 2.04. The molecule has 1 aromatic rings. The number of likely N-dealkylation sites (N-methyl/N-ethyl adjacent to an activating group) is 1. The normalized spacial score (nSPS) is 19.2. The van der Waals surface area contributed by atoms with Gasteiger partial charge in [-0.2, -0.15) is 0 Å². The molecule has 1 amide bonds. The van der Waals surface area contributed by atoms with Gasteiger partial charge in [0.25, 0.3) is 5.91 Å². The van der Waals surface area contributed by atoms with Crippen LogP contribution in [0, 0.1) is 0 Å². The molecule has 0 atom stereocenters. The maximum atomic E-state index is 12.0. The molecule has 1 aromatic carbocycles. The molecule has 1 N–H and O–H groups in total. The summed E-state index contributed by atoms with van der Waals surface area (Å²) in [5.74, 6) is 1.30. The first-order valence-corrected chi connectivity index (χ1v) is 6.34. The van der Waals surface area contributed by atoms with Gasteiger partial charge in [0.05, 0.1) is 0 Å². The Morgan fingerprint density at radius 2 is 2.21 bits per heavy atom. The zero-order valence-corrected chi connectivity index (χ0v) is 11.1. The molecule has 0 unspecified atom stereocenters. The standard InChI is InChI=1S/C13H12N2O3S/c1-2-15-12(16)9(14-13(15)19)5-8-3-4-10-11(6-8)18-7-17-10/h3-6H,2,7H2,1H3,(H,14,19)/b9-5-. The molecule has 3 rings (SSSR count). The van der Waals surface area contributed by atoms with E-state index in [0.717, 1.165) is 11.3 Å². The van der Waals surface area contributed by atoms with Crippen molar-refractivity contribution >= 4 is 29.3 Å². The fourth-order valence-corrected chi connectivity index (χ4v) is 2.35. The van der Waals surface area contributed by atoms with Crippen LogP contribution in [0.25, 0.3) is 6.08 Å². The van der Waals surface area contributed by atoms with Crippen molar-refractivity contribution in [1.29, 1.82) is 0 Å². The summed E-state index contributed by atoms with van der Waals surface area (Å²) in [7, 11) is 0. The van der Waals surface area contributed by atoms with Crippen LogP contribution in [0.3, 0.4) is 0 Å². The average molecular weight is 276 g/mol. The summed E-state index contributed by atoms with van der Waals surface area (Å²) >= 11 is 5.10. The molecule has 5 nitrogen and oxygen atoms in total. The lowest BCUT2D eigenvalue weighted by atomic mass is 10.1. The lowest BCUT2D eigenvalue weighted by Crippen LogP contribution is -2.30. The summed E-state index contributed by atoms with van der Waals surface area (Å²) in [6.07, 6.45) is 1.76. The van der Waals surface area contributed by atoms with Crippen LogP contribution in [0.5, 0.6) is 11.5 Å². The Kier molecular flexibility index (Phi) is 2.87. The van der Waals surface area contributed by atoms with E-state index in [4.69, 9.17) is 21.7 Å². The molecule has 0 spiro atoms. The molecule has 0 radical (unpaired) electrons. The molecule has 0 bridgehead atoms. The second kappa shape index (κ2) is 4.55. The zero-order valence-electron chi connectivity index (χ0n) is 10.3. The third-order valence-corrected chi connectivity index (χ3v) is 3.31. The van der Waals surface area contributed by atoms with Crippen LogP contribution in [0.1, 0.15) is 12.5 Å². The Balaban J connectivity index is 1.90. The maximum absolute atomic E-state index is 12.0. The molecule has 0 aromatic heterocycles. The highest BCUT2D eigenvalue weighted by Gasteiger charge is 2.29. The van der Waals surface area contributed by atoms with Gasteiger partial charge in [0, 0.05) is 6.54 Å². The quantitative estimate of drug-likeness (QED) is 0.655. The topological polar surface area (TPSA) is 50.8 Å². The van der Waals surface area contributed by atoms with Gasteiger partial charge in [0.15, 0.2) is 16.6 Å². The molecule has 6 heteroatoms. The van der Waals surface area contributed by atoms with E-state index in [2.05, 4.69) is 5.32 Å². The lowest BCUT2D eigenvalue weighted by molar-refractivity contribution is -0.122. The van der Waals surface area contributed by atoms with Crippen molar-refractivity contribution in [1.82, 2.24) is 10.2 Å². The fourth-order valence-electron chi connectivity index (χ4n) is 2.03. The number of amides is 1.